The monoisotopic (exact) mass is 404 g/mol. The molecule has 2 N–H and O–H groups in total. The van der Waals surface area contributed by atoms with Crippen molar-refractivity contribution in [2.45, 2.75) is 51.0 Å². The molecule has 0 bridgehead atoms. The molecule has 2 rings (SSSR count). The van der Waals surface area contributed by atoms with E-state index in [0.29, 0.717) is 17.9 Å². The van der Waals surface area contributed by atoms with Crippen LogP contribution in [0.3, 0.4) is 0 Å². The van der Waals surface area contributed by atoms with E-state index in [1.54, 1.807) is 50.2 Å². The first-order chi connectivity index (χ1) is 13.3. The molecule has 0 aliphatic heterocycles. The number of unbranched alkanes of at least 4 members (excludes halogenated alkanes) is 2. The Morgan fingerprint density at radius 1 is 1.00 bits per heavy atom. The lowest BCUT2D eigenvalue weighted by Crippen LogP contribution is -2.30. The van der Waals surface area contributed by atoms with Crippen LogP contribution in [0.5, 0.6) is 5.75 Å². The second kappa shape index (κ2) is 10.2. The van der Waals surface area contributed by atoms with Crippen molar-refractivity contribution < 1.29 is 17.9 Å². The lowest BCUT2D eigenvalue weighted by atomic mass is 10.2. The van der Waals surface area contributed by atoms with Gasteiger partial charge in [0.05, 0.1) is 11.5 Å². The van der Waals surface area contributed by atoms with Gasteiger partial charge < -0.3 is 10.1 Å². The zero-order valence-electron chi connectivity index (χ0n) is 16.6. The second-order valence-electron chi connectivity index (χ2n) is 6.83. The van der Waals surface area contributed by atoms with Gasteiger partial charge in [0, 0.05) is 17.3 Å². The summed E-state index contributed by atoms with van der Waals surface area (Å²) in [6, 6.07) is 12.8. The molecule has 0 aromatic heterocycles. The average molecular weight is 405 g/mol. The van der Waals surface area contributed by atoms with Crippen LogP contribution in [0.2, 0.25) is 0 Å². The number of amides is 1. The van der Waals surface area contributed by atoms with E-state index in [4.69, 9.17) is 4.74 Å². The number of rotatable bonds is 10. The van der Waals surface area contributed by atoms with Crippen molar-refractivity contribution in [2.75, 3.05) is 11.9 Å². The Morgan fingerprint density at radius 2 is 1.64 bits per heavy atom. The minimum absolute atomic E-state index is 0.156. The van der Waals surface area contributed by atoms with E-state index >= 15 is 0 Å². The van der Waals surface area contributed by atoms with Crippen molar-refractivity contribution in [1.29, 1.82) is 0 Å². The Hall–Kier alpha value is -2.38. The Morgan fingerprint density at radius 3 is 2.21 bits per heavy atom. The normalized spacial score (nSPS) is 11.4. The van der Waals surface area contributed by atoms with Crippen molar-refractivity contribution in [3.05, 3.63) is 54.1 Å². The molecule has 0 heterocycles. The molecule has 0 unspecified atom stereocenters. The molecular formula is C21H28N2O4S. The van der Waals surface area contributed by atoms with Gasteiger partial charge in [-0.25, -0.2) is 13.1 Å². The average Bonchev–Trinajstić information content (AvgIpc) is 2.65. The molecule has 0 spiro atoms. The minimum Gasteiger partial charge on any atom is -0.494 e. The molecule has 0 fully saturated rings. The molecule has 152 valence electrons. The summed E-state index contributed by atoms with van der Waals surface area (Å²) in [4.78, 5) is 12.5. The molecular weight excluding hydrogens is 376 g/mol. The minimum atomic E-state index is -3.55. The Bertz CT molecular complexity index is 860. The van der Waals surface area contributed by atoms with E-state index in [9.17, 15) is 13.2 Å². The molecule has 0 radical (unpaired) electrons. The maximum absolute atomic E-state index is 12.4. The quantitative estimate of drug-likeness (QED) is 0.582. The first-order valence-corrected chi connectivity index (χ1v) is 11.0. The van der Waals surface area contributed by atoms with Crippen molar-refractivity contribution in [1.82, 2.24) is 4.72 Å². The van der Waals surface area contributed by atoms with Crippen LogP contribution in [-0.2, 0) is 10.0 Å². The largest absolute Gasteiger partial charge is 0.494 e. The summed E-state index contributed by atoms with van der Waals surface area (Å²) in [5.41, 5.74) is 1.02. The van der Waals surface area contributed by atoms with Crippen LogP contribution < -0.4 is 14.8 Å². The van der Waals surface area contributed by atoms with Crippen LogP contribution in [0.4, 0.5) is 5.69 Å². The molecule has 7 heteroatoms. The lowest BCUT2D eigenvalue weighted by Gasteiger charge is -2.11. The van der Waals surface area contributed by atoms with Crippen molar-refractivity contribution >= 4 is 21.6 Å². The molecule has 0 aliphatic carbocycles. The third-order valence-corrected chi connectivity index (χ3v) is 5.62. The van der Waals surface area contributed by atoms with Gasteiger partial charge in [0.1, 0.15) is 5.75 Å². The number of carbonyl (C=O) groups is 1. The molecule has 0 saturated carbocycles. The van der Waals surface area contributed by atoms with Crippen LogP contribution in [-0.4, -0.2) is 27.0 Å². The predicted octanol–water partition coefficient (Wildman–Crippen LogP) is 4.19. The SMILES string of the molecule is CCCCCOc1ccc(C(=O)Nc2ccc(S(=O)(=O)NC(C)C)cc2)cc1. The summed E-state index contributed by atoms with van der Waals surface area (Å²) in [6.07, 6.45) is 3.29. The predicted molar refractivity (Wildman–Crippen MR) is 111 cm³/mol. The van der Waals surface area contributed by atoms with Crippen molar-refractivity contribution in [3.8, 4) is 5.75 Å². The van der Waals surface area contributed by atoms with Crippen LogP contribution in [0.25, 0.3) is 0 Å². The van der Waals surface area contributed by atoms with E-state index in [-0.39, 0.29) is 16.8 Å². The van der Waals surface area contributed by atoms with Gasteiger partial charge in [-0.15, -0.1) is 0 Å². The summed E-state index contributed by atoms with van der Waals surface area (Å²) in [6.45, 7) is 6.32. The fourth-order valence-corrected chi connectivity index (χ4v) is 3.79. The highest BCUT2D eigenvalue weighted by Crippen LogP contribution is 2.17. The third-order valence-electron chi connectivity index (χ3n) is 3.95. The van der Waals surface area contributed by atoms with Crippen molar-refractivity contribution in [2.24, 2.45) is 0 Å². The number of anilines is 1. The van der Waals surface area contributed by atoms with Crippen LogP contribution in [0.1, 0.15) is 50.4 Å². The first-order valence-electron chi connectivity index (χ1n) is 9.48. The fourth-order valence-electron chi connectivity index (χ4n) is 2.54. The molecule has 1 amide bonds. The number of carbonyl (C=O) groups excluding carboxylic acids is 1. The number of sulfonamides is 1. The highest BCUT2D eigenvalue weighted by molar-refractivity contribution is 7.89. The van der Waals surface area contributed by atoms with Gasteiger partial charge in [-0.1, -0.05) is 19.8 Å². The van der Waals surface area contributed by atoms with Gasteiger partial charge in [-0.3, -0.25) is 4.79 Å². The fraction of sp³-hybridized carbons (Fsp3) is 0.381. The van der Waals surface area contributed by atoms with Gasteiger partial charge in [0.2, 0.25) is 10.0 Å². The van der Waals surface area contributed by atoms with Gasteiger partial charge in [0.25, 0.3) is 5.91 Å². The highest BCUT2D eigenvalue weighted by Gasteiger charge is 2.15. The summed E-state index contributed by atoms with van der Waals surface area (Å²) < 4.78 is 32.4. The zero-order valence-corrected chi connectivity index (χ0v) is 17.4. The highest BCUT2D eigenvalue weighted by atomic mass is 32.2. The Labute approximate surface area is 167 Å². The topological polar surface area (TPSA) is 84.5 Å². The van der Waals surface area contributed by atoms with Crippen LogP contribution >= 0.6 is 0 Å². The molecule has 0 saturated heterocycles. The van der Waals surface area contributed by atoms with E-state index in [1.807, 2.05) is 0 Å². The first kappa shape index (κ1) is 21.9. The number of hydrogen-bond acceptors (Lipinski definition) is 4. The van der Waals surface area contributed by atoms with Crippen LogP contribution in [0.15, 0.2) is 53.4 Å². The number of ether oxygens (including phenoxy) is 1. The summed E-state index contributed by atoms with van der Waals surface area (Å²) in [7, 11) is -3.55. The molecule has 2 aromatic rings. The van der Waals surface area contributed by atoms with E-state index in [0.717, 1.165) is 25.0 Å². The van der Waals surface area contributed by atoms with Crippen LogP contribution in [0, 0.1) is 0 Å². The molecule has 0 aliphatic rings. The lowest BCUT2D eigenvalue weighted by molar-refractivity contribution is 0.102. The van der Waals surface area contributed by atoms with Crippen molar-refractivity contribution in [3.63, 3.8) is 0 Å². The van der Waals surface area contributed by atoms with E-state index in [2.05, 4.69) is 17.0 Å². The summed E-state index contributed by atoms with van der Waals surface area (Å²) in [5, 5.41) is 2.76. The maximum Gasteiger partial charge on any atom is 0.255 e. The Kier molecular flexibility index (Phi) is 8.02. The maximum atomic E-state index is 12.4. The van der Waals surface area contributed by atoms with E-state index in [1.165, 1.54) is 12.1 Å². The standard InChI is InChI=1S/C21H28N2O4S/c1-4-5-6-15-27-19-11-7-17(8-12-19)21(24)22-18-9-13-20(14-10-18)28(25,26)23-16(2)3/h7-14,16,23H,4-6,15H2,1-3H3,(H,22,24). The smallest absolute Gasteiger partial charge is 0.255 e. The number of hydrogen-bond donors (Lipinski definition) is 2. The number of nitrogens with one attached hydrogen (secondary N) is 2. The van der Waals surface area contributed by atoms with Gasteiger partial charge in [0.15, 0.2) is 0 Å². The summed E-state index contributed by atoms with van der Waals surface area (Å²) in [5.74, 6) is 0.466. The van der Waals surface area contributed by atoms with Gasteiger partial charge in [-0.2, -0.15) is 0 Å². The molecule has 28 heavy (non-hydrogen) atoms. The second-order valence-corrected chi connectivity index (χ2v) is 8.55. The molecule has 2 aromatic carbocycles. The van der Waals surface area contributed by atoms with Gasteiger partial charge in [-0.05, 0) is 68.8 Å². The Balaban J connectivity index is 1.95. The van der Waals surface area contributed by atoms with Gasteiger partial charge >= 0.3 is 0 Å². The zero-order chi connectivity index (χ0) is 20.6. The molecule has 0 atom stereocenters. The summed E-state index contributed by atoms with van der Waals surface area (Å²) >= 11 is 0. The van der Waals surface area contributed by atoms with E-state index < -0.39 is 10.0 Å². The molecule has 6 nitrogen and oxygen atoms in total. The number of benzene rings is 2. The third kappa shape index (κ3) is 6.65.